The van der Waals surface area contributed by atoms with Crippen molar-refractivity contribution in [3.05, 3.63) is 47.7 Å². The summed E-state index contributed by atoms with van der Waals surface area (Å²) in [5.74, 6) is -0.0531. The minimum absolute atomic E-state index is 0.0926. The topological polar surface area (TPSA) is 58.7 Å². The van der Waals surface area contributed by atoms with Crippen LogP contribution in [-0.2, 0) is 4.79 Å². The summed E-state index contributed by atoms with van der Waals surface area (Å²) >= 11 is 5.82. The van der Waals surface area contributed by atoms with Crippen LogP contribution in [0.15, 0.2) is 52.7 Å². The van der Waals surface area contributed by atoms with Gasteiger partial charge in [0.2, 0.25) is 0 Å². The van der Waals surface area contributed by atoms with Crippen molar-refractivity contribution in [1.82, 2.24) is 0 Å². The number of carbonyl (C=O) groups is 1. The lowest BCUT2D eigenvalue weighted by atomic mass is 10.0. The van der Waals surface area contributed by atoms with Crippen LogP contribution in [0.3, 0.4) is 0 Å². The Bertz CT molecular complexity index is 787. The lowest BCUT2D eigenvalue weighted by Crippen LogP contribution is -2.46. The second kappa shape index (κ2) is 7.25. The second-order valence-electron chi connectivity index (χ2n) is 7.74. The Labute approximate surface area is 160 Å². The van der Waals surface area contributed by atoms with Crippen molar-refractivity contribution >= 4 is 34.5 Å². The molecule has 0 bridgehead atoms. The molecule has 0 spiro atoms. The van der Waals surface area contributed by atoms with Gasteiger partial charge in [0.25, 0.3) is 0 Å². The number of aliphatic imine (C=N–C) groups is 1. The van der Waals surface area contributed by atoms with E-state index in [1.807, 2.05) is 12.1 Å². The number of anilines is 1. The first-order valence-electron chi connectivity index (χ1n) is 8.82. The van der Waals surface area contributed by atoms with Crippen LogP contribution in [0.1, 0.15) is 6.42 Å². The van der Waals surface area contributed by atoms with E-state index < -0.39 is 0 Å². The molecule has 26 heavy (non-hydrogen) atoms. The lowest BCUT2D eigenvalue weighted by Gasteiger charge is -2.31. The molecule has 2 N–H and O–H groups in total. The van der Waals surface area contributed by atoms with Crippen molar-refractivity contribution in [2.75, 3.05) is 45.0 Å². The Balaban J connectivity index is 1.76. The second-order valence-corrected chi connectivity index (χ2v) is 8.01. The van der Waals surface area contributed by atoms with Gasteiger partial charge in [0.1, 0.15) is 6.04 Å². The minimum atomic E-state index is -0.146. The molecular formula is C20H26ClN4O+. The molecular weight excluding hydrogens is 348 g/mol. The zero-order valence-electron chi connectivity index (χ0n) is 15.6. The van der Waals surface area contributed by atoms with Gasteiger partial charge in [-0.3, -0.25) is 4.79 Å². The van der Waals surface area contributed by atoms with Crippen LogP contribution in [0.25, 0.3) is 0 Å². The average molecular weight is 374 g/mol. The third-order valence-electron chi connectivity index (χ3n) is 5.15. The molecule has 1 aliphatic carbocycles. The predicted molar refractivity (Wildman–Crippen MR) is 108 cm³/mol. The van der Waals surface area contributed by atoms with E-state index in [1.165, 1.54) is 18.2 Å². The highest BCUT2D eigenvalue weighted by atomic mass is 35.5. The fourth-order valence-electron chi connectivity index (χ4n) is 3.35. The molecule has 0 amide bonds. The Morgan fingerprint density at radius 3 is 2.50 bits per heavy atom. The molecule has 1 atom stereocenters. The van der Waals surface area contributed by atoms with Crippen molar-refractivity contribution in [2.24, 2.45) is 10.7 Å². The number of halogens is 1. The minimum Gasteiger partial charge on any atom is -0.397 e. The molecule has 0 saturated carbocycles. The summed E-state index contributed by atoms with van der Waals surface area (Å²) in [6.07, 6.45) is 4.32. The van der Waals surface area contributed by atoms with E-state index in [1.54, 1.807) is 6.08 Å². The van der Waals surface area contributed by atoms with Crippen molar-refractivity contribution < 1.29 is 9.28 Å². The summed E-state index contributed by atoms with van der Waals surface area (Å²) in [6, 6.07) is 8.81. The molecule has 1 saturated heterocycles. The fraction of sp³-hybridized carbons (Fsp3) is 0.400. The standard InChI is InChI=1S/C20H25ClN4O/c1-25(2,3)16-10-11-24(13-16)15-6-4-14(5-7-15)23-18-8-9-19(26)17(12-21)20(18)22/h4-9,16H,10-13H2,1-3H3,(H-,22,26)/p+1/b23-18-. The molecule has 0 radical (unpaired) electrons. The molecule has 0 aromatic heterocycles. The summed E-state index contributed by atoms with van der Waals surface area (Å²) in [4.78, 5) is 18.7. The van der Waals surface area contributed by atoms with Crippen LogP contribution in [0.4, 0.5) is 11.4 Å². The number of ketones is 1. The smallest absolute Gasteiger partial charge is 0.185 e. The summed E-state index contributed by atoms with van der Waals surface area (Å²) < 4.78 is 0.988. The normalized spacial score (nSPS) is 22.6. The van der Waals surface area contributed by atoms with E-state index in [4.69, 9.17) is 17.3 Å². The molecule has 5 nitrogen and oxygen atoms in total. The van der Waals surface area contributed by atoms with E-state index >= 15 is 0 Å². The van der Waals surface area contributed by atoms with E-state index in [0.29, 0.717) is 23.0 Å². The largest absolute Gasteiger partial charge is 0.397 e. The maximum absolute atomic E-state index is 11.8. The number of nitrogens with zero attached hydrogens (tertiary/aromatic N) is 3. The Hall–Kier alpha value is -2.11. The monoisotopic (exact) mass is 373 g/mol. The predicted octanol–water partition coefficient (Wildman–Crippen LogP) is 2.63. The van der Waals surface area contributed by atoms with Gasteiger partial charge in [-0.05, 0) is 36.4 Å². The molecule has 138 valence electrons. The first kappa shape index (κ1) is 18.7. The SMILES string of the molecule is C[N+](C)(C)C1CCN(c2ccc(/N=C3/C=CC(=O)C(CCl)=C3N)cc2)C1. The maximum Gasteiger partial charge on any atom is 0.185 e. The summed E-state index contributed by atoms with van der Waals surface area (Å²) in [6.45, 7) is 2.14. The fourth-order valence-corrected chi connectivity index (χ4v) is 3.63. The van der Waals surface area contributed by atoms with Gasteiger partial charge in [0, 0.05) is 24.2 Å². The Kier molecular flexibility index (Phi) is 5.21. The molecule has 1 aliphatic heterocycles. The molecule has 2 aliphatic rings. The molecule has 1 unspecified atom stereocenters. The van der Waals surface area contributed by atoms with Gasteiger partial charge >= 0.3 is 0 Å². The van der Waals surface area contributed by atoms with Gasteiger partial charge < -0.3 is 15.1 Å². The number of rotatable bonds is 4. The Morgan fingerprint density at radius 1 is 1.23 bits per heavy atom. The zero-order valence-corrected chi connectivity index (χ0v) is 16.3. The number of allylic oxidation sites excluding steroid dienone is 3. The molecule has 6 heteroatoms. The van der Waals surface area contributed by atoms with Gasteiger partial charge in [-0.1, -0.05) is 0 Å². The van der Waals surface area contributed by atoms with Crippen LogP contribution < -0.4 is 10.6 Å². The molecule has 1 aromatic carbocycles. The van der Waals surface area contributed by atoms with Gasteiger partial charge in [-0.25, -0.2) is 4.99 Å². The number of likely N-dealkylation sites (N-methyl/N-ethyl adjacent to an activating group) is 1. The molecule has 1 fully saturated rings. The first-order chi connectivity index (χ1) is 12.3. The van der Waals surface area contributed by atoms with Crippen molar-refractivity contribution in [2.45, 2.75) is 12.5 Å². The van der Waals surface area contributed by atoms with E-state index in [2.05, 4.69) is 43.2 Å². The quantitative estimate of drug-likeness (QED) is 0.501. The van der Waals surface area contributed by atoms with Crippen molar-refractivity contribution in [3.8, 4) is 0 Å². The highest BCUT2D eigenvalue weighted by Gasteiger charge is 2.32. The van der Waals surface area contributed by atoms with Crippen LogP contribution in [-0.4, -0.2) is 62.1 Å². The summed E-state index contributed by atoms with van der Waals surface area (Å²) in [5.41, 5.74) is 9.42. The van der Waals surface area contributed by atoms with Gasteiger partial charge in [0.15, 0.2) is 5.78 Å². The molecule has 1 aromatic rings. The zero-order chi connectivity index (χ0) is 18.9. The first-order valence-corrected chi connectivity index (χ1v) is 9.35. The number of alkyl halides is 1. The number of quaternary nitrogens is 1. The number of hydrogen-bond acceptors (Lipinski definition) is 4. The highest BCUT2D eigenvalue weighted by molar-refractivity contribution is 6.29. The maximum atomic E-state index is 11.8. The van der Waals surface area contributed by atoms with E-state index in [-0.39, 0.29) is 11.7 Å². The van der Waals surface area contributed by atoms with Gasteiger partial charge in [-0.2, -0.15) is 0 Å². The van der Waals surface area contributed by atoms with Gasteiger partial charge in [0.05, 0.1) is 50.7 Å². The highest BCUT2D eigenvalue weighted by Crippen LogP contribution is 2.27. The lowest BCUT2D eigenvalue weighted by molar-refractivity contribution is -0.893. The molecule has 1 heterocycles. The van der Waals surface area contributed by atoms with Crippen molar-refractivity contribution in [1.29, 1.82) is 0 Å². The summed E-state index contributed by atoms with van der Waals surface area (Å²) in [7, 11) is 6.76. The van der Waals surface area contributed by atoms with Gasteiger partial charge in [-0.15, -0.1) is 11.6 Å². The van der Waals surface area contributed by atoms with E-state index in [0.717, 1.165) is 23.3 Å². The third kappa shape index (κ3) is 3.84. The molecule has 3 rings (SSSR count). The van der Waals surface area contributed by atoms with Crippen molar-refractivity contribution in [3.63, 3.8) is 0 Å². The third-order valence-corrected chi connectivity index (χ3v) is 5.42. The van der Waals surface area contributed by atoms with Crippen LogP contribution in [0, 0.1) is 0 Å². The Morgan fingerprint density at radius 2 is 1.92 bits per heavy atom. The number of hydrogen-bond donors (Lipinski definition) is 1. The van der Waals surface area contributed by atoms with Crippen LogP contribution in [0.5, 0.6) is 0 Å². The summed E-state index contributed by atoms with van der Waals surface area (Å²) in [5, 5.41) is 0. The van der Waals surface area contributed by atoms with Crippen LogP contribution in [0.2, 0.25) is 0 Å². The van der Waals surface area contributed by atoms with Crippen LogP contribution >= 0.6 is 11.6 Å². The number of carbonyl (C=O) groups excluding carboxylic acids is 1. The van der Waals surface area contributed by atoms with E-state index in [9.17, 15) is 4.79 Å². The number of nitrogens with two attached hydrogens (primary N) is 1. The average Bonchev–Trinajstić information content (AvgIpc) is 3.09. The number of benzene rings is 1.